The van der Waals surface area contributed by atoms with E-state index >= 15 is 0 Å². The zero-order valence-electron chi connectivity index (χ0n) is 10.6. The van der Waals surface area contributed by atoms with Gasteiger partial charge in [-0.3, -0.25) is 4.79 Å². The number of benzene rings is 1. The second kappa shape index (κ2) is 5.12. The second-order valence-corrected chi connectivity index (χ2v) is 6.63. The van der Waals surface area contributed by atoms with Gasteiger partial charge >= 0.3 is 5.97 Å². The topological polar surface area (TPSA) is 101 Å². The maximum atomic E-state index is 12.0. The highest BCUT2D eigenvalue weighted by Crippen LogP contribution is 2.33. The molecule has 0 spiro atoms. The van der Waals surface area contributed by atoms with E-state index in [4.69, 9.17) is 9.84 Å². The van der Waals surface area contributed by atoms with E-state index in [9.17, 15) is 18.0 Å². The Morgan fingerprint density at radius 2 is 2.05 bits per heavy atom. The lowest BCUT2D eigenvalue weighted by Crippen LogP contribution is -2.48. The number of carboxylic acid groups (broad SMARTS) is 1. The van der Waals surface area contributed by atoms with Crippen molar-refractivity contribution in [2.45, 2.75) is 6.10 Å². The van der Waals surface area contributed by atoms with Crippen LogP contribution in [-0.4, -0.2) is 50.1 Å². The molecule has 7 nitrogen and oxygen atoms in total. The Bertz CT molecular complexity index is 654. The van der Waals surface area contributed by atoms with Gasteiger partial charge in [-0.1, -0.05) is 12.1 Å². The summed E-state index contributed by atoms with van der Waals surface area (Å²) in [6, 6.07) is 6.41. The molecule has 0 bridgehead atoms. The summed E-state index contributed by atoms with van der Waals surface area (Å²) in [6.45, 7) is -0.222. The zero-order valence-corrected chi connectivity index (χ0v) is 11.5. The number of aliphatic carboxylic acids is 1. The van der Waals surface area contributed by atoms with Crippen LogP contribution >= 0.6 is 0 Å². The van der Waals surface area contributed by atoms with Gasteiger partial charge in [-0.2, -0.15) is 0 Å². The fraction of sp³-hybridized carbons (Fsp3) is 0.333. The number of carboxylic acids is 1. The third-order valence-electron chi connectivity index (χ3n) is 2.74. The smallest absolute Gasteiger partial charge is 0.346 e. The fourth-order valence-electron chi connectivity index (χ4n) is 1.90. The van der Waals surface area contributed by atoms with Gasteiger partial charge in [0.05, 0.1) is 12.2 Å². The molecule has 0 fully saturated rings. The van der Waals surface area contributed by atoms with Crippen molar-refractivity contribution in [3.63, 3.8) is 0 Å². The van der Waals surface area contributed by atoms with Gasteiger partial charge in [-0.15, -0.1) is 0 Å². The van der Waals surface area contributed by atoms with Gasteiger partial charge in [-0.25, -0.2) is 13.2 Å². The number of nitrogens with zero attached hydrogens (tertiary/aromatic N) is 1. The number of amides is 1. The molecule has 1 unspecified atom stereocenters. The van der Waals surface area contributed by atoms with Gasteiger partial charge in [0.2, 0.25) is 12.0 Å². The Kier molecular flexibility index (Phi) is 3.67. The van der Waals surface area contributed by atoms with E-state index in [1.165, 1.54) is 6.07 Å². The first kappa shape index (κ1) is 14.3. The van der Waals surface area contributed by atoms with Crippen LogP contribution in [0, 0.1) is 0 Å². The predicted molar refractivity (Wildman–Crippen MR) is 70.6 cm³/mol. The molecular formula is C12H13NO6S. The first-order chi connectivity index (χ1) is 9.28. The highest BCUT2D eigenvalue weighted by atomic mass is 32.2. The lowest BCUT2D eigenvalue weighted by atomic mass is 10.2. The number of sulfone groups is 1. The Hall–Kier alpha value is -2.09. The maximum Gasteiger partial charge on any atom is 0.346 e. The number of carbonyl (C=O) groups excluding carboxylic acids is 1. The van der Waals surface area contributed by atoms with Crippen molar-refractivity contribution in [2.75, 3.05) is 23.5 Å². The summed E-state index contributed by atoms with van der Waals surface area (Å²) in [6.07, 6.45) is -0.264. The molecule has 0 saturated heterocycles. The van der Waals surface area contributed by atoms with Crippen LogP contribution in [0.2, 0.25) is 0 Å². The number of ether oxygens (including phenoxy) is 1. The standard InChI is InChI=1S/C12H13NO6S/c1-20(17,18)7-11(14)13-6-10(12(15)16)19-9-5-3-2-4-8(9)13/h2-5,10H,6-7H2,1H3,(H,15,16). The lowest BCUT2D eigenvalue weighted by Gasteiger charge is -2.32. The van der Waals surface area contributed by atoms with Crippen molar-refractivity contribution >= 4 is 27.4 Å². The Morgan fingerprint density at radius 3 is 2.65 bits per heavy atom. The summed E-state index contributed by atoms with van der Waals surface area (Å²) in [5.74, 6) is -2.31. The minimum absolute atomic E-state index is 0.222. The van der Waals surface area contributed by atoms with Crippen molar-refractivity contribution in [2.24, 2.45) is 0 Å². The first-order valence-electron chi connectivity index (χ1n) is 5.74. The van der Waals surface area contributed by atoms with E-state index in [0.717, 1.165) is 11.2 Å². The van der Waals surface area contributed by atoms with E-state index < -0.39 is 33.6 Å². The molecular weight excluding hydrogens is 286 g/mol. The molecule has 0 saturated carbocycles. The third-order valence-corrected chi connectivity index (χ3v) is 3.51. The molecule has 108 valence electrons. The van der Waals surface area contributed by atoms with Gasteiger partial charge in [0.25, 0.3) is 0 Å². The first-order valence-corrected chi connectivity index (χ1v) is 7.80. The molecule has 1 N–H and O–H groups in total. The highest BCUT2D eigenvalue weighted by molar-refractivity contribution is 7.91. The van der Waals surface area contributed by atoms with Crippen molar-refractivity contribution < 1.29 is 27.9 Å². The number of hydrogen-bond donors (Lipinski definition) is 1. The van der Waals surface area contributed by atoms with Gasteiger partial charge in [0.15, 0.2) is 9.84 Å². The van der Waals surface area contributed by atoms with Crippen LogP contribution in [0.1, 0.15) is 0 Å². The minimum atomic E-state index is -3.49. The molecule has 1 heterocycles. The normalized spacial score (nSPS) is 18.1. The van der Waals surface area contributed by atoms with Gasteiger partial charge in [0, 0.05) is 6.26 Å². The van der Waals surface area contributed by atoms with E-state index in [0.29, 0.717) is 5.69 Å². The summed E-state index contributed by atoms with van der Waals surface area (Å²) in [7, 11) is -3.49. The van der Waals surface area contributed by atoms with Crippen LogP contribution < -0.4 is 9.64 Å². The van der Waals surface area contributed by atoms with Crippen molar-refractivity contribution in [3.05, 3.63) is 24.3 Å². The third kappa shape index (κ3) is 3.08. The molecule has 8 heteroatoms. The van der Waals surface area contributed by atoms with Crippen LogP contribution in [0.5, 0.6) is 5.75 Å². The molecule has 0 radical (unpaired) electrons. The number of hydrogen-bond acceptors (Lipinski definition) is 5. The molecule has 1 atom stereocenters. The molecule has 0 aromatic heterocycles. The van der Waals surface area contributed by atoms with E-state index in [2.05, 4.69) is 0 Å². The molecule has 20 heavy (non-hydrogen) atoms. The predicted octanol–water partition coefficient (Wildman–Crippen LogP) is -0.0902. The summed E-state index contributed by atoms with van der Waals surface area (Å²) >= 11 is 0. The van der Waals surface area contributed by atoms with Gasteiger partial charge in [-0.05, 0) is 12.1 Å². The molecule has 1 aromatic carbocycles. The number of anilines is 1. The van der Waals surface area contributed by atoms with Crippen LogP contribution in [0.25, 0.3) is 0 Å². The average molecular weight is 299 g/mol. The minimum Gasteiger partial charge on any atom is -0.478 e. The molecule has 1 aromatic rings. The average Bonchev–Trinajstić information content (AvgIpc) is 2.35. The largest absolute Gasteiger partial charge is 0.478 e. The summed E-state index contributed by atoms with van der Waals surface area (Å²) in [4.78, 5) is 24.2. The Morgan fingerprint density at radius 1 is 1.40 bits per heavy atom. The van der Waals surface area contributed by atoms with Crippen LogP contribution in [0.15, 0.2) is 24.3 Å². The number of para-hydroxylation sites is 2. The van der Waals surface area contributed by atoms with E-state index in [1.54, 1.807) is 18.2 Å². The van der Waals surface area contributed by atoms with Crippen molar-refractivity contribution in [1.29, 1.82) is 0 Å². The Labute approximate surface area is 115 Å². The number of rotatable bonds is 3. The summed E-state index contributed by atoms with van der Waals surface area (Å²) in [5.41, 5.74) is 0.374. The highest BCUT2D eigenvalue weighted by Gasteiger charge is 2.34. The quantitative estimate of drug-likeness (QED) is 0.837. The molecule has 1 aliphatic heterocycles. The number of fused-ring (bicyclic) bond motifs is 1. The van der Waals surface area contributed by atoms with Crippen molar-refractivity contribution in [3.8, 4) is 5.75 Å². The zero-order chi connectivity index (χ0) is 14.9. The van der Waals surface area contributed by atoms with E-state index in [1.807, 2.05) is 0 Å². The van der Waals surface area contributed by atoms with Gasteiger partial charge < -0.3 is 14.7 Å². The van der Waals surface area contributed by atoms with Gasteiger partial charge in [0.1, 0.15) is 11.5 Å². The van der Waals surface area contributed by atoms with E-state index in [-0.39, 0.29) is 12.3 Å². The maximum absolute atomic E-state index is 12.0. The second-order valence-electron chi connectivity index (χ2n) is 4.49. The molecule has 1 aliphatic rings. The SMILES string of the molecule is CS(=O)(=O)CC(=O)N1CC(C(=O)O)Oc2ccccc21. The monoisotopic (exact) mass is 299 g/mol. The summed E-state index contributed by atoms with van der Waals surface area (Å²) < 4.78 is 27.7. The Balaban J connectivity index is 2.36. The van der Waals surface area contributed by atoms with Crippen LogP contribution in [-0.2, 0) is 19.4 Å². The van der Waals surface area contributed by atoms with Crippen LogP contribution in [0.4, 0.5) is 5.69 Å². The molecule has 0 aliphatic carbocycles. The molecule has 1 amide bonds. The summed E-state index contributed by atoms with van der Waals surface area (Å²) in [5, 5.41) is 9.01. The lowest BCUT2D eigenvalue weighted by molar-refractivity contribution is -0.145. The van der Waals surface area contributed by atoms with Crippen molar-refractivity contribution in [1.82, 2.24) is 0 Å². The van der Waals surface area contributed by atoms with Crippen LogP contribution in [0.3, 0.4) is 0 Å². The number of carbonyl (C=O) groups is 2. The molecule has 2 rings (SSSR count). The fourth-order valence-corrected chi connectivity index (χ4v) is 2.51.